The molecule has 0 fully saturated rings. The van der Waals surface area contributed by atoms with E-state index in [9.17, 15) is 13.2 Å². The zero-order valence-corrected chi connectivity index (χ0v) is 16.2. The standard InChI is InChI=1S/C19H24N2O4S/c1-14(15-9-11-17(12-10-15)26(4,23)24)21(2)19(22)20-13-16-7-5-6-8-18(16)25-3/h5-12,14H,13H2,1-4H3,(H,20,22). The van der Waals surface area contributed by atoms with E-state index in [2.05, 4.69) is 5.32 Å². The molecule has 2 aromatic carbocycles. The molecule has 0 aliphatic carbocycles. The van der Waals surface area contributed by atoms with Crippen molar-refractivity contribution in [3.05, 3.63) is 59.7 Å². The largest absolute Gasteiger partial charge is 0.496 e. The Morgan fingerprint density at radius 1 is 1.15 bits per heavy atom. The Morgan fingerprint density at radius 3 is 2.35 bits per heavy atom. The molecule has 2 amide bonds. The summed E-state index contributed by atoms with van der Waals surface area (Å²) in [5, 5.41) is 2.87. The molecule has 26 heavy (non-hydrogen) atoms. The average molecular weight is 376 g/mol. The SMILES string of the molecule is COc1ccccc1CNC(=O)N(C)C(C)c1ccc(S(C)(=O)=O)cc1. The molecule has 0 heterocycles. The Balaban J connectivity index is 2.03. The first kappa shape index (κ1) is 19.8. The summed E-state index contributed by atoms with van der Waals surface area (Å²) in [4.78, 5) is 14.3. The van der Waals surface area contributed by atoms with Crippen LogP contribution in [0.15, 0.2) is 53.4 Å². The van der Waals surface area contributed by atoms with Crippen molar-refractivity contribution >= 4 is 15.9 Å². The lowest BCUT2D eigenvalue weighted by Crippen LogP contribution is -2.38. The van der Waals surface area contributed by atoms with Gasteiger partial charge in [0.1, 0.15) is 5.75 Å². The zero-order valence-electron chi connectivity index (χ0n) is 15.4. The summed E-state index contributed by atoms with van der Waals surface area (Å²) >= 11 is 0. The number of benzene rings is 2. The van der Waals surface area contributed by atoms with Crippen LogP contribution < -0.4 is 10.1 Å². The first-order valence-corrected chi connectivity index (χ1v) is 10.1. The van der Waals surface area contributed by atoms with Crippen molar-refractivity contribution in [2.75, 3.05) is 20.4 Å². The van der Waals surface area contributed by atoms with Gasteiger partial charge in [0.05, 0.1) is 18.0 Å². The van der Waals surface area contributed by atoms with Gasteiger partial charge in [-0.1, -0.05) is 30.3 Å². The molecule has 0 aromatic heterocycles. The topological polar surface area (TPSA) is 75.7 Å². The highest BCUT2D eigenvalue weighted by Crippen LogP contribution is 2.21. The number of nitrogens with zero attached hydrogens (tertiary/aromatic N) is 1. The maximum atomic E-state index is 12.4. The number of para-hydroxylation sites is 1. The van der Waals surface area contributed by atoms with Crippen molar-refractivity contribution in [2.24, 2.45) is 0 Å². The Morgan fingerprint density at radius 2 is 1.77 bits per heavy atom. The molecular weight excluding hydrogens is 352 g/mol. The number of methoxy groups -OCH3 is 1. The summed E-state index contributed by atoms with van der Waals surface area (Å²) < 4.78 is 28.4. The second kappa shape index (κ2) is 8.23. The van der Waals surface area contributed by atoms with Crippen molar-refractivity contribution in [2.45, 2.75) is 24.4 Å². The third-order valence-corrected chi connectivity index (χ3v) is 5.44. The predicted octanol–water partition coefficient (Wildman–Crippen LogP) is 3.00. The summed E-state index contributed by atoms with van der Waals surface area (Å²) in [5.41, 5.74) is 1.74. The normalized spacial score (nSPS) is 12.3. The van der Waals surface area contributed by atoms with Crippen molar-refractivity contribution in [1.82, 2.24) is 10.2 Å². The third-order valence-electron chi connectivity index (χ3n) is 4.31. The molecule has 0 aliphatic heterocycles. The van der Waals surface area contributed by atoms with Crippen LogP contribution in [0.4, 0.5) is 4.79 Å². The van der Waals surface area contributed by atoms with Crippen molar-refractivity contribution < 1.29 is 17.9 Å². The second-order valence-electron chi connectivity index (χ2n) is 6.10. The first-order chi connectivity index (χ1) is 12.2. The number of rotatable bonds is 6. The minimum Gasteiger partial charge on any atom is -0.496 e. The summed E-state index contributed by atoms with van der Waals surface area (Å²) in [6.45, 7) is 2.24. The van der Waals surface area contributed by atoms with Gasteiger partial charge in [0, 0.05) is 25.4 Å². The third kappa shape index (κ3) is 4.76. The van der Waals surface area contributed by atoms with E-state index < -0.39 is 9.84 Å². The summed E-state index contributed by atoms with van der Waals surface area (Å²) in [6.07, 6.45) is 1.17. The average Bonchev–Trinajstić information content (AvgIpc) is 2.64. The Labute approximate surface area is 154 Å². The summed E-state index contributed by atoms with van der Waals surface area (Å²) in [6, 6.07) is 13.6. The number of ether oxygens (including phenoxy) is 1. The molecule has 140 valence electrons. The van der Waals surface area contributed by atoms with Gasteiger partial charge in [0.25, 0.3) is 0 Å². The van der Waals surface area contributed by atoms with Crippen molar-refractivity contribution in [3.8, 4) is 5.75 Å². The number of hydrogen-bond donors (Lipinski definition) is 1. The van der Waals surface area contributed by atoms with Crippen LogP contribution in [-0.2, 0) is 16.4 Å². The smallest absolute Gasteiger partial charge is 0.317 e. The van der Waals surface area contributed by atoms with Crippen LogP contribution in [-0.4, -0.2) is 39.8 Å². The van der Waals surface area contributed by atoms with E-state index in [1.165, 1.54) is 6.26 Å². The number of urea groups is 1. The van der Waals surface area contributed by atoms with Gasteiger partial charge in [-0.15, -0.1) is 0 Å². The Bertz CT molecular complexity index is 863. The fraction of sp³-hybridized carbons (Fsp3) is 0.316. The van der Waals surface area contributed by atoms with E-state index in [0.717, 1.165) is 16.9 Å². The molecule has 2 rings (SSSR count). The van der Waals surface area contributed by atoms with E-state index in [0.29, 0.717) is 6.54 Å². The lowest BCUT2D eigenvalue weighted by Gasteiger charge is -2.26. The van der Waals surface area contributed by atoms with Gasteiger partial charge in [0.2, 0.25) is 0 Å². The molecule has 0 saturated carbocycles. The van der Waals surface area contributed by atoms with E-state index in [-0.39, 0.29) is 17.0 Å². The number of carbonyl (C=O) groups is 1. The van der Waals surface area contributed by atoms with E-state index in [1.54, 1.807) is 43.3 Å². The molecule has 0 aliphatic rings. The van der Waals surface area contributed by atoms with Gasteiger partial charge in [-0.05, 0) is 30.7 Å². The minimum atomic E-state index is -3.23. The molecule has 0 spiro atoms. The van der Waals surface area contributed by atoms with Gasteiger partial charge in [-0.3, -0.25) is 0 Å². The van der Waals surface area contributed by atoms with Crippen LogP contribution in [0.25, 0.3) is 0 Å². The van der Waals surface area contributed by atoms with Gasteiger partial charge in [0.15, 0.2) is 9.84 Å². The zero-order chi connectivity index (χ0) is 19.3. The minimum absolute atomic E-state index is 0.207. The van der Waals surface area contributed by atoms with Crippen LogP contribution >= 0.6 is 0 Å². The highest BCUT2D eigenvalue weighted by molar-refractivity contribution is 7.90. The van der Waals surface area contributed by atoms with E-state index in [1.807, 2.05) is 31.2 Å². The quantitative estimate of drug-likeness (QED) is 0.841. The van der Waals surface area contributed by atoms with Crippen LogP contribution in [0, 0.1) is 0 Å². The number of nitrogens with one attached hydrogen (secondary N) is 1. The number of sulfone groups is 1. The molecule has 6 nitrogen and oxygen atoms in total. The lowest BCUT2D eigenvalue weighted by molar-refractivity contribution is 0.194. The maximum Gasteiger partial charge on any atom is 0.317 e. The lowest BCUT2D eigenvalue weighted by atomic mass is 10.1. The molecule has 1 N–H and O–H groups in total. The fourth-order valence-corrected chi connectivity index (χ4v) is 3.17. The van der Waals surface area contributed by atoms with Crippen molar-refractivity contribution in [3.63, 3.8) is 0 Å². The van der Waals surface area contributed by atoms with Crippen LogP contribution in [0.2, 0.25) is 0 Å². The first-order valence-electron chi connectivity index (χ1n) is 8.16. The van der Waals surface area contributed by atoms with Crippen LogP contribution in [0.5, 0.6) is 5.75 Å². The van der Waals surface area contributed by atoms with Crippen LogP contribution in [0.3, 0.4) is 0 Å². The molecule has 1 atom stereocenters. The second-order valence-corrected chi connectivity index (χ2v) is 8.11. The Kier molecular flexibility index (Phi) is 6.26. The summed E-state index contributed by atoms with van der Waals surface area (Å²) in [7, 11) is 0.0609. The monoisotopic (exact) mass is 376 g/mol. The van der Waals surface area contributed by atoms with Crippen molar-refractivity contribution in [1.29, 1.82) is 0 Å². The molecular formula is C19H24N2O4S. The molecule has 1 unspecified atom stereocenters. The molecule has 0 bridgehead atoms. The van der Waals surface area contributed by atoms with E-state index in [4.69, 9.17) is 4.74 Å². The molecule has 2 aromatic rings. The predicted molar refractivity (Wildman–Crippen MR) is 101 cm³/mol. The number of carbonyl (C=O) groups excluding carboxylic acids is 1. The van der Waals surface area contributed by atoms with E-state index >= 15 is 0 Å². The molecule has 7 heteroatoms. The van der Waals surface area contributed by atoms with Crippen LogP contribution in [0.1, 0.15) is 24.1 Å². The molecule has 0 saturated heterocycles. The van der Waals surface area contributed by atoms with Gasteiger partial charge in [-0.25, -0.2) is 13.2 Å². The fourth-order valence-electron chi connectivity index (χ4n) is 2.54. The summed E-state index contributed by atoms with van der Waals surface area (Å²) in [5.74, 6) is 0.722. The number of amides is 2. The highest BCUT2D eigenvalue weighted by Gasteiger charge is 2.18. The maximum absolute atomic E-state index is 12.4. The highest BCUT2D eigenvalue weighted by atomic mass is 32.2. The van der Waals surface area contributed by atoms with Gasteiger partial charge >= 0.3 is 6.03 Å². The molecule has 0 radical (unpaired) electrons. The van der Waals surface area contributed by atoms with Gasteiger partial charge in [-0.2, -0.15) is 0 Å². The van der Waals surface area contributed by atoms with Gasteiger partial charge < -0.3 is 15.0 Å². The Hall–Kier alpha value is -2.54. The number of hydrogen-bond acceptors (Lipinski definition) is 4.